The van der Waals surface area contributed by atoms with E-state index in [0.717, 1.165) is 0 Å². The quantitative estimate of drug-likeness (QED) is 0.482. The van der Waals surface area contributed by atoms with Crippen LogP contribution in [0.1, 0.15) is 23.1 Å². The maximum absolute atomic E-state index is 13.7. The Labute approximate surface area is 116 Å². The van der Waals surface area contributed by atoms with Gasteiger partial charge in [-0.3, -0.25) is 14.9 Å². The molecule has 0 spiro atoms. The number of carbonyl (C=O) groups excluding carboxylic acids is 1. The van der Waals surface area contributed by atoms with Crippen molar-refractivity contribution < 1.29 is 40.5 Å². The molecule has 22 heavy (non-hydrogen) atoms. The van der Waals surface area contributed by atoms with Crippen molar-refractivity contribution in [1.82, 2.24) is 9.78 Å². The molecule has 0 saturated carbocycles. The van der Waals surface area contributed by atoms with Crippen LogP contribution in [0, 0.1) is 17.0 Å². The van der Waals surface area contributed by atoms with Crippen LogP contribution >= 0.6 is 0 Å². The minimum atomic E-state index is -6.70. The summed E-state index contributed by atoms with van der Waals surface area (Å²) >= 11 is 0. The zero-order chi connectivity index (χ0) is 17.7. The fourth-order valence-corrected chi connectivity index (χ4v) is 1.57. The lowest BCUT2D eigenvalue weighted by Crippen LogP contribution is -2.51. The number of aryl methyl sites for hydroxylation is 1. The molecule has 0 atom stereocenters. The second-order valence-corrected chi connectivity index (χ2v) is 4.12. The van der Waals surface area contributed by atoms with E-state index in [1.165, 1.54) is 0 Å². The van der Waals surface area contributed by atoms with Crippen LogP contribution in [-0.2, 0) is 5.92 Å². The molecule has 1 aromatic heterocycles. The van der Waals surface area contributed by atoms with Gasteiger partial charge in [-0.05, 0) is 6.92 Å². The van der Waals surface area contributed by atoms with Crippen LogP contribution in [0.3, 0.4) is 0 Å². The maximum atomic E-state index is 13.7. The molecule has 0 saturated heterocycles. The molecule has 0 aliphatic rings. The minimum Gasteiger partial charge on any atom is -0.273 e. The largest absolute Gasteiger partial charge is 0.460 e. The summed E-state index contributed by atoms with van der Waals surface area (Å²) in [6.07, 6.45) is -6.70. The summed E-state index contributed by atoms with van der Waals surface area (Å²) in [6, 6.07) is 0. The van der Waals surface area contributed by atoms with Crippen molar-refractivity contribution in [3.05, 3.63) is 21.5 Å². The van der Waals surface area contributed by atoms with E-state index >= 15 is 0 Å². The predicted molar refractivity (Wildman–Crippen MR) is 54.8 cm³/mol. The van der Waals surface area contributed by atoms with Crippen LogP contribution in [0.5, 0.6) is 0 Å². The topological polar surface area (TPSA) is 78.0 Å². The van der Waals surface area contributed by atoms with E-state index < -0.39 is 50.6 Å². The molecular weight excluding hydrogens is 331 g/mol. The van der Waals surface area contributed by atoms with Gasteiger partial charge in [-0.2, -0.15) is 40.5 Å². The van der Waals surface area contributed by atoms with Crippen LogP contribution in [0.25, 0.3) is 0 Å². The average molecular weight is 337 g/mol. The van der Waals surface area contributed by atoms with Crippen LogP contribution in [0.2, 0.25) is 0 Å². The molecule has 1 aromatic rings. The third-order valence-corrected chi connectivity index (χ3v) is 2.56. The third kappa shape index (κ3) is 2.39. The highest BCUT2D eigenvalue weighted by Gasteiger charge is 2.76. The number of nitrogens with zero attached hydrogens (tertiary/aromatic N) is 3. The molecule has 124 valence electrons. The van der Waals surface area contributed by atoms with E-state index in [1.54, 1.807) is 0 Å². The monoisotopic (exact) mass is 337 g/mol. The molecule has 0 bridgehead atoms. The number of hydrogen-bond acceptors (Lipinski definition) is 4. The Bertz CT molecular complexity index is 635. The van der Waals surface area contributed by atoms with Gasteiger partial charge in [0.1, 0.15) is 5.69 Å². The SMILES string of the molecule is CC(=O)n1nc(C)c([N+](=O)[O-])c1C(F)(F)C(F)(F)C(F)(F)F. The van der Waals surface area contributed by atoms with E-state index in [-0.39, 0.29) is 0 Å². The lowest BCUT2D eigenvalue weighted by molar-refractivity contribution is -0.394. The van der Waals surface area contributed by atoms with Gasteiger partial charge in [0, 0.05) is 6.92 Å². The Morgan fingerprint density at radius 1 is 1.18 bits per heavy atom. The summed E-state index contributed by atoms with van der Waals surface area (Å²) in [5, 5.41) is 13.6. The van der Waals surface area contributed by atoms with Crippen LogP contribution in [0.15, 0.2) is 0 Å². The van der Waals surface area contributed by atoms with Gasteiger partial charge in [0.2, 0.25) is 11.6 Å². The molecular formula is C9H6F7N3O3. The highest BCUT2D eigenvalue weighted by atomic mass is 19.4. The fraction of sp³-hybridized carbons (Fsp3) is 0.556. The van der Waals surface area contributed by atoms with E-state index in [0.29, 0.717) is 13.8 Å². The normalized spacial score (nSPS) is 13.3. The smallest absolute Gasteiger partial charge is 0.273 e. The lowest BCUT2D eigenvalue weighted by Gasteiger charge is -2.27. The first-order valence-electron chi connectivity index (χ1n) is 5.24. The van der Waals surface area contributed by atoms with Crippen molar-refractivity contribution in [1.29, 1.82) is 0 Å². The number of halogens is 7. The zero-order valence-corrected chi connectivity index (χ0v) is 10.7. The number of aromatic nitrogens is 2. The van der Waals surface area contributed by atoms with Crippen molar-refractivity contribution in [2.45, 2.75) is 31.9 Å². The van der Waals surface area contributed by atoms with Gasteiger partial charge in [-0.25, -0.2) is 0 Å². The van der Waals surface area contributed by atoms with Gasteiger partial charge in [-0.1, -0.05) is 0 Å². The summed E-state index contributed by atoms with van der Waals surface area (Å²) < 4.78 is 89.5. The first-order chi connectivity index (χ1) is 9.66. The van der Waals surface area contributed by atoms with E-state index in [9.17, 15) is 45.6 Å². The number of hydrogen-bond donors (Lipinski definition) is 0. The maximum Gasteiger partial charge on any atom is 0.460 e. The molecule has 0 amide bonds. The Kier molecular flexibility index (Phi) is 3.98. The number of rotatable bonds is 3. The van der Waals surface area contributed by atoms with Crippen molar-refractivity contribution in [2.75, 3.05) is 0 Å². The van der Waals surface area contributed by atoms with Gasteiger partial charge in [-0.15, -0.1) is 0 Å². The van der Waals surface area contributed by atoms with Crippen LogP contribution in [0.4, 0.5) is 36.4 Å². The Hall–Kier alpha value is -2.21. The summed E-state index contributed by atoms with van der Waals surface area (Å²) in [4.78, 5) is 20.2. The molecule has 0 unspecified atom stereocenters. The molecule has 1 heterocycles. The standard InChI is InChI=1S/C9H6F7N3O3/c1-3-5(19(21)22)6(18(17-3)4(2)20)7(10,11)8(12,13)9(14,15)16/h1-2H3. The molecule has 0 aliphatic carbocycles. The highest BCUT2D eigenvalue weighted by Crippen LogP contribution is 2.53. The number of nitro groups is 1. The van der Waals surface area contributed by atoms with E-state index in [4.69, 9.17) is 0 Å². The Balaban J connectivity index is 3.81. The lowest BCUT2D eigenvalue weighted by atomic mass is 10.1. The second-order valence-electron chi connectivity index (χ2n) is 4.12. The fourth-order valence-electron chi connectivity index (χ4n) is 1.57. The van der Waals surface area contributed by atoms with Crippen molar-refractivity contribution >= 4 is 11.6 Å². The van der Waals surface area contributed by atoms with Gasteiger partial charge in [0.05, 0.1) is 4.92 Å². The predicted octanol–water partition coefficient (Wildman–Crippen LogP) is 3.05. The van der Waals surface area contributed by atoms with Gasteiger partial charge >= 0.3 is 23.7 Å². The summed E-state index contributed by atoms with van der Waals surface area (Å²) in [5.74, 6) is -14.2. The zero-order valence-electron chi connectivity index (χ0n) is 10.7. The Morgan fingerprint density at radius 3 is 1.95 bits per heavy atom. The third-order valence-electron chi connectivity index (χ3n) is 2.56. The minimum absolute atomic E-state index is 0.515. The van der Waals surface area contributed by atoms with Gasteiger partial charge in [0.15, 0.2) is 0 Å². The van der Waals surface area contributed by atoms with Crippen LogP contribution in [-0.4, -0.2) is 32.7 Å². The van der Waals surface area contributed by atoms with Gasteiger partial charge in [0.25, 0.3) is 0 Å². The van der Waals surface area contributed by atoms with E-state index in [2.05, 4.69) is 5.10 Å². The Morgan fingerprint density at radius 2 is 1.64 bits per heavy atom. The molecule has 1 rings (SSSR count). The van der Waals surface area contributed by atoms with Crippen LogP contribution < -0.4 is 0 Å². The van der Waals surface area contributed by atoms with Gasteiger partial charge < -0.3 is 0 Å². The molecule has 13 heteroatoms. The average Bonchev–Trinajstić information content (AvgIpc) is 2.65. The summed E-state index contributed by atoms with van der Waals surface area (Å²) in [7, 11) is 0. The summed E-state index contributed by atoms with van der Waals surface area (Å²) in [6.45, 7) is 1.23. The first-order valence-corrected chi connectivity index (χ1v) is 5.24. The molecule has 0 N–H and O–H groups in total. The first kappa shape index (κ1) is 17.8. The molecule has 0 aliphatic heterocycles. The second kappa shape index (κ2) is 4.91. The van der Waals surface area contributed by atoms with Crippen molar-refractivity contribution in [3.63, 3.8) is 0 Å². The number of alkyl halides is 7. The highest BCUT2D eigenvalue weighted by molar-refractivity contribution is 5.77. The van der Waals surface area contributed by atoms with Crippen molar-refractivity contribution in [3.8, 4) is 0 Å². The van der Waals surface area contributed by atoms with E-state index in [1.807, 2.05) is 0 Å². The van der Waals surface area contributed by atoms with Crippen molar-refractivity contribution in [2.24, 2.45) is 0 Å². The number of carbonyl (C=O) groups is 1. The molecule has 0 fully saturated rings. The summed E-state index contributed by atoms with van der Waals surface area (Å²) in [5.41, 5.74) is -5.12. The molecule has 6 nitrogen and oxygen atoms in total. The molecule has 0 aromatic carbocycles. The molecule has 0 radical (unpaired) electrons.